The molecule has 0 unspecified atom stereocenters. The predicted molar refractivity (Wildman–Crippen MR) is 99.2 cm³/mol. The van der Waals surface area contributed by atoms with Crippen molar-refractivity contribution in [2.24, 2.45) is 0 Å². The van der Waals surface area contributed by atoms with Gasteiger partial charge in [-0.3, -0.25) is 4.98 Å². The molecule has 7 heteroatoms. The molecule has 1 aromatic heterocycles. The topological polar surface area (TPSA) is 74.3 Å². The number of nitrogens with zero attached hydrogens (tertiary/aromatic N) is 2. The van der Waals surface area contributed by atoms with Crippen LogP contribution in [0.15, 0.2) is 42.6 Å². The molecule has 2 N–H and O–H groups in total. The Kier molecular flexibility index (Phi) is 4.25. The van der Waals surface area contributed by atoms with Gasteiger partial charge >= 0.3 is 0 Å². The van der Waals surface area contributed by atoms with Gasteiger partial charge in [-0.25, -0.2) is 4.85 Å². The third-order valence-electron chi connectivity index (χ3n) is 3.93. The first-order valence-corrected chi connectivity index (χ1v) is 8.29. The first-order valence-electron chi connectivity index (χ1n) is 7.91. The monoisotopic (exact) mass is 367 g/mol. The van der Waals surface area contributed by atoms with Gasteiger partial charge in [-0.15, -0.1) is 0 Å². The molecule has 0 spiro atoms. The third kappa shape index (κ3) is 3.36. The number of ether oxygens (including phenoxy) is 3. The summed E-state index contributed by atoms with van der Waals surface area (Å²) >= 11 is 5.95. The van der Waals surface area contributed by atoms with Gasteiger partial charge in [0.25, 0.3) is 0 Å². The minimum atomic E-state index is 0.113. The Labute approximate surface area is 154 Å². The Morgan fingerprint density at radius 2 is 2.12 bits per heavy atom. The third-order valence-corrected chi connectivity index (χ3v) is 4.27. The number of rotatable bonds is 5. The number of nitrogen functional groups attached to an aromatic ring is 1. The fraction of sp³-hybridized carbons (Fsp3) is 0.158. The molecule has 130 valence electrons. The number of benzene rings is 2. The smallest absolute Gasteiger partial charge is 0.229 e. The number of fused-ring (bicyclic) bond motifs is 1. The summed E-state index contributed by atoms with van der Waals surface area (Å²) in [6, 6.07) is 10.2. The predicted octanol–water partition coefficient (Wildman–Crippen LogP) is 4.59. The number of nitrogens with two attached hydrogens (primary N) is 1. The standard InChI is InChI=1S/C19H14ClN3O3/c1-22-17-7-13-16(8-19(17)25-10-12-9-24-12)23-5-4-18(13)26-11-2-3-14(20)15(21)6-11/h2-8,12H,9-10,21H2/t12-/m1/s1. The molecule has 26 heavy (non-hydrogen) atoms. The molecule has 1 saturated heterocycles. The summed E-state index contributed by atoms with van der Waals surface area (Å²) in [6.07, 6.45) is 1.75. The molecule has 1 aliphatic rings. The summed E-state index contributed by atoms with van der Waals surface area (Å²) in [6.45, 7) is 8.55. The lowest BCUT2D eigenvalue weighted by Gasteiger charge is -2.12. The molecule has 0 aliphatic carbocycles. The quantitative estimate of drug-likeness (QED) is 0.405. The second-order valence-corrected chi connectivity index (χ2v) is 6.22. The average Bonchev–Trinajstić information content (AvgIpc) is 3.47. The van der Waals surface area contributed by atoms with Gasteiger partial charge < -0.3 is 19.9 Å². The van der Waals surface area contributed by atoms with Crippen LogP contribution >= 0.6 is 11.6 Å². The van der Waals surface area contributed by atoms with E-state index in [1.54, 1.807) is 42.6 Å². The van der Waals surface area contributed by atoms with Crippen LogP contribution in [-0.4, -0.2) is 24.3 Å². The molecule has 4 rings (SSSR count). The van der Waals surface area contributed by atoms with E-state index in [0.717, 1.165) is 0 Å². The summed E-state index contributed by atoms with van der Waals surface area (Å²) in [7, 11) is 0. The number of hydrogen-bond acceptors (Lipinski definition) is 5. The summed E-state index contributed by atoms with van der Waals surface area (Å²) in [5.41, 5.74) is 7.32. The van der Waals surface area contributed by atoms with Crippen molar-refractivity contribution in [3.8, 4) is 17.2 Å². The fourth-order valence-corrected chi connectivity index (χ4v) is 2.61. The van der Waals surface area contributed by atoms with Crippen LogP contribution in [0.1, 0.15) is 0 Å². The van der Waals surface area contributed by atoms with Crippen molar-refractivity contribution in [3.05, 3.63) is 59.0 Å². The Hall–Kier alpha value is -3.01. The van der Waals surface area contributed by atoms with Crippen molar-refractivity contribution in [3.63, 3.8) is 0 Å². The van der Waals surface area contributed by atoms with Gasteiger partial charge in [0.1, 0.15) is 30.0 Å². The molecular formula is C19H14ClN3O3. The van der Waals surface area contributed by atoms with Crippen molar-refractivity contribution in [2.75, 3.05) is 18.9 Å². The molecular weight excluding hydrogens is 354 g/mol. The maximum Gasteiger partial charge on any atom is 0.229 e. The van der Waals surface area contributed by atoms with Crippen LogP contribution in [-0.2, 0) is 4.74 Å². The van der Waals surface area contributed by atoms with E-state index in [-0.39, 0.29) is 6.10 Å². The zero-order valence-electron chi connectivity index (χ0n) is 13.6. The van der Waals surface area contributed by atoms with Crippen molar-refractivity contribution < 1.29 is 14.2 Å². The molecule has 1 aliphatic heterocycles. The van der Waals surface area contributed by atoms with Crippen molar-refractivity contribution in [1.82, 2.24) is 4.98 Å². The second-order valence-electron chi connectivity index (χ2n) is 5.81. The van der Waals surface area contributed by atoms with Crippen LogP contribution in [0.3, 0.4) is 0 Å². The minimum Gasteiger partial charge on any atom is -0.502 e. The normalized spacial score (nSPS) is 15.5. The Balaban J connectivity index is 1.70. The number of anilines is 1. The van der Waals surface area contributed by atoms with E-state index in [1.165, 1.54) is 0 Å². The van der Waals surface area contributed by atoms with Gasteiger partial charge in [0.15, 0.2) is 0 Å². The lowest BCUT2D eigenvalue weighted by atomic mass is 10.1. The molecule has 1 fully saturated rings. The summed E-state index contributed by atoms with van der Waals surface area (Å²) < 4.78 is 16.8. The van der Waals surface area contributed by atoms with Gasteiger partial charge in [-0.1, -0.05) is 11.6 Å². The second kappa shape index (κ2) is 6.71. The van der Waals surface area contributed by atoms with E-state index in [4.69, 9.17) is 38.1 Å². The summed E-state index contributed by atoms with van der Waals surface area (Å²) in [5.74, 6) is 1.61. The van der Waals surface area contributed by atoms with Crippen molar-refractivity contribution in [2.45, 2.75) is 6.10 Å². The van der Waals surface area contributed by atoms with Gasteiger partial charge in [0.2, 0.25) is 5.69 Å². The molecule has 2 aromatic carbocycles. The first kappa shape index (κ1) is 16.5. The lowest BCUT2D eigenvalue weighted by molar-refractivity contribution is 0.264. The Morgan fingerprint density at radius 3 is 2.85 bits per heavy atom. The van der Waals surface area contributed by atoms with E-state index in [2.05, 4.69) is 9.83 Å². The van der Waals surface area contributed by atoms with Gasteiger partial charge in [-0.05, 0) is 30.3 Å². The Bertz CT molecular complexity index is 1030. The molecule has 0 saturated carbocycles. The molecule has 0 amide bonds. The van der Waals surface area contributed by atoms with E-state index in [0.29, 0.717) is 57.8 Å². The highest BCUT2D eigenvalue weighted by Crippen LogP contribution is 2.38. The molecule has 6 nitrogen and oxygen atoms in total. The number of halogens is 1. The fourth-order valence-electron chi connectivity index (χ4n) is 2.49. The molecule has 0 radical (unpaired) electrons. The van der Waals surface area contributed by atoms with Crippen LogP contribution in [0, 0.1) is 6.57 Å². The first-order chi connectivity index (χ1) is 12.6. The van der Waals surface area contributed by atoms with Gasteiger partial charge in [-0.2, -0.15) is 0 Å². The van der Waals surface area contributed by atoms with Gasteiger partial charge in [0.05, 0.1) is 29.4 Å². The maximum absolute atomic E-state index is 7.43. The molecule has 3 aromatic rings. The highest BCUT2D eigenvalue weighted by molar-refractivity contribution is 6.33. The molecule has 2 heterocycles. The Morgan fingerprint density at radius 1 is 1.27 bits per heavy atom. The van der Waals surface area contributed by atoms with Crippen LogP contribution in [0.25, 0.3) is 15.7 Å². The largest absolute Gasteiger partial charge is 0.502 e. The van der Waals surface area contributed by atoms with Gasteiger partial charge in [0, 0.05) is 17.6 Å². The zero-order valence-corrected chi connectivity index (χ0v) is 14.4. The van der Waals surface area contributed by atoms with E-state index in [1.807, 2.05) is 0 Å². The lowest BCUT2D eigenvalue weighted by Crippen LogP contribution is -2.04. The van der Waals surface area contributed by atoms with E-state index < -0.39 is 0 Å². The van der Waals surface area contributed by atoms with Crippen molar-refractivity contribution in [1.29, 1.82) is 0 Å². The highest BCUT2D eigenvalue weighted by atomic mass is 35.5. The number of epoxide rings is 1. The number of aromatic nitrogens is 1. The molecule has 0 bridgehead atoms. The van der Waals surface area contributed by atoms with Crippen molar-refractivity contribution >= 4 is 33.9 Å². The summed E-state index contributed by atoms with van der Waals surface area (Å²) in [5, 5.41) is 1.18. The van der Waals surface area contributed by atoms with E-state index >= 15 is 0 Å². The number of pyridine rings is 1. The molecule has 1 atom stereocenters. The van der Waals surface area contributed by atoms with E-state index in [9.17, 15) is 0 Å². The van der Waals surface area contributed by atoms with Crippen LogP contribution in [0.5, 0.6) is 17.2 Å². The maximum atomic E-state index is 7.43. The average molecular weight is 368 g/mol. The number of hydrogen-bond donors (Lipinski definition) is 1. The SMILES string of the molecule is [C-]#[N+]c1cc2c(Oc3ccc(Cl)c(N)c3)ccnc2cc1OC[C@H]1CO1. The zero-order chi connectivity index (χ0) is 18.1. The van der Waals surface area contributed by atoms with Crippen LogP contribution in [0.2, 0.25) is 5.02 Å². The van der Waals surface area contributed by atoms with Crippen LogP contribution < -0.4 is 15.2 Å². The highest BCUT2D eigenvalue weighted by Gasteiger charge is 2.24. The minimum absolute atomic E-state index is 0.113. The van der Waals surface area contributed by atoms with Crippen LogP contribution in [0.4, 0.5) is 11.4 Å². The summed E-state index contributed by atoms with van der Waals surface area (Å²) in [4.78, 5) is 7.91.